The highest BCUT2D eigenvalue weighted by atomic mass is 14.4. The maximum atomic E-state index is 4.54. The lowest BCUT2D eigenvalue weighted by Crippen LogP contribution is -1.94. The first-order valence-electron chi connectivity index (χ1n) is 11.0. The van der Waals surface area contributed by atoms with Gasteiger partial charge in [0.15, 0.2) is 0 Å². The van der Waals surface area contributed by atoms with Gasteiger partial charge in [-0.05, 0) is 51.0 Å². The van der Waals surface area contributed by atoms with Crippen LogP contribution in [-0.4, -0.2) is 0 Å². The van der Waals surface area contributed by atoms with Crippen LogP contribution in [-0.2, 0) is 0 Å². The quantitative estimate of drug-likeness (QED) is 0.423. The van der Waals surface area contributed by atoms with E-state index < -0.39 is 0 Å². The second kappa shape index (κ2) is 7.25. The fourth-order valence-corrected chi connectivity index (χ4v) is 5.28. The summed E-state index contributed by atoms with van der Waals surface area (Å²) in [5, 5.41) is 0. The lowest BCUT2D eigenvalue weighted by molar-refractivity contribution is 1.03. The molecular weight excluding hydrogens is 372 g/mol. The maximum absolute atomic E-state index is 4.54. The van der Waals surface area contributed by atoms with Crippen LogP contribution in [0, 0.1) is 0 Å². The molecule has 0 amide bonds. The van der Waals surface area contributed by atoms with Gasteiger partial charge in [0.05, 0.1) is 0 Å². The number of allylic oxidation sites excluding steroid dienone is 8. The highest BCUT2D eigenvalue weighted by molar-refractivity contribution is 5.87. The third kappa shape index (κ3) is 3.07. The second-order valence-corrected chi connectivity index (χ2v) is 8.66. The fourth-order valence-electron chi connectivity index (χ4n) is 5.28. The van der Waals surface area contributed by atoms with E-state index in [1.54, 1.807) is 0 Å². The monoisotopic (exact) mass is 396 g/mol. The summed E-state index contributed by atoms with van der Waals surface area (Å²) in [6.45, 7) is 4.54. The highest BCUT2D eigenvalue weighted by Gasteiger charge is 2.35. The molecule has 3 aliphatic rings. The number of hydrogen-bond donors (Lipinski definition) is 0. The van der Waals surface area contributed by atoms with Gasteiger partial charge in [-0.3, -0.25) is 0 Å². The summed E-state index contributed by atoms with van der Waals surface area (Å²) < 4.78 is 0. The van der Waals surface area contributed by atoms with Crippen molar-refractivity contribution in [2.24, 2.45) is 0 Å². The molecular formula is C31H24. The molecule has 1 saturated carbocycles. The van der Waals surface area contributed by atoms with Crippen molar-refractivity contribution in [3.8, 4) is 0 Å². The molecule has 2 unspecified atom stereocenters. The molecule has 0 heteroatoms. The van der Waals surface area contributed by atoms with Crippen LogP contribution in [0.2, 0.25) is 0 Å². The van der Waals surface area contributed by atoms with Crippen molar-refractivity contribution in [2.45, 2.75) is 18.3 Å². The molecule has 0 radical (unpaired) electrons. The summed E-state index contributed by atoms with van der Waals surface area (Å²) in [5.41, 5.74) is 12.1. The predicted octanol–water partition coefficient (Wildman–Crippen LogP) is 7.86. The Labute approximate surface area is 184 Å². The van der Waals surface area contributed by atoms with Crippen LogP contribution in [0.5, 0.6) is 0 Å². The summed E-state index contributed by atoms with van der Waals surface area (Å²) in [7, 11) is 0. The van der Waals surface area contributed by atoms with Crippen LogP contribution in [0.1, 0.15) is 40.5 Å². The van der Waals surface area contributed by atoms with Gasteiger partial charge in [0.2, 0.25) is 0 Å². The average molecular weight is 397 g/mol. The Morgan fingerprint density at radius 1 is 0.774 bits per heavy atom. The lowest BCUT2D eigenvalue weighted by atomic mass is 9.92. The minimum atomic E-state index is 0.303. The molecule has 0 N–H and O–H groups in total. The first-order chi connectivity index (χ1) is 15.3. The number of fused-ring (bicyclic) bond motifs is 3. The van der Waals surface area contributed by atoms with Crippen molar-refractivity contribution in [3.05, 3.63) is 154 Å². The molecule has 148 valence electrons. The highest BCUT2D eigenvalue weighted by Crippen LogP contribution is 2.52. The van der Waals surface area contributed by atoms with E-state index in [0.717, 1.165) is 6.42 Å². The summed E-state index contributed by atoms with van der Waals surface area (Å²) in [6, 6.07) is 30.3. The average Bonchev–Trinajstić information content (AvgIpc) is 3.48. The number of hydrogen-bond acceptors (Lipinski definition) is 0. The van der Waals surface area contributed by atoms with E-state index in [0.29, 0.717) is 11.8 Å². The van der Waals surface area contributed by atoms with Crippen molar-refractivity contribution in [1.29, 1.82) is 0 Å². The van der Waals surface area contributed by atoms with Crippen molar-refractivity contribution < 1.29 is 0 Å². The van der Waals surface area contributed by atoms with Gasteiger partial charge >= 0.3 is 0 Å². The second-order valence-electron chi connectivity index (χ2n) is 8.66. The van der Waals surface area contributed by atoms with Crippen molar-refractivity contribution in [1.82, 2.24) is 0 Å². The van der Waals surface area contributed by atoms with Crippen molar-refractivity contribution in [3.63, 3.8) is 0 Å². The molecule has 3 aromatic carbocycles. The van der Waals surface area contributed by atoms with Crippen LogP contribution < -0.4 is 0 Å². The molecule has 0 heterocycles. The molecule has 0 nitrogen and oxygen atoms in total. The van der Waals surface area contributed by atoms with E-state index in [4.69, 9.17) is 0 Å². The lowest BCUT2D eigenvalue weighted by Gasteiger charge is -2.11. The van der Waals surface area contributed by atoms with Gasteiger partial charge in [-0.25, -0.2) is 0 Å². The Balaban J connectivity index is 1.40. The molecule has 31 heavy (non-hydrogen) atoms. The van der Waals surface area contributed by atoms with Gasteiger partial charge in [-0.2, -0.15) is 0 Å². The van der Waals surface area contributed by atoms with E-state index in [9.17, 15) is 0 Å². The van der Waals surface area contributed by atoms with Crippen LogP contribution in [0.15, 0.2) is 132 Å². The largest absolute Gasteiger partial charge is 0.0946 e. The minimum Gasteiger partial charge on any atom is -0.0946 e. The zero-order valence-electron chi connectivity index (χ0n) is 17.5. The minimum absolute atomic E-state index is 0.303. The van der Waals surface area contributed by atoms with Crippen molar-refractivity contribution in [2.75, 3.05) is 0 Å². The van der Waals surface area contributed by atoms with Gasteiger partial charge in [0.25, 0.3) is 0 Å². The third-order valence-corrected chi connectivity index (χ3v) is 6.79. The smallest absolute Gasteiger partial charge is 0.0308 e. The van der Waals surface area contributed by atoms with Gasteiger partial charge in [-0.1, -0.05) is 121 Å². The number of benzene rings is 3. The van der Waals surface area contributed by atoms with E-state index in [2.05, 4.69) is 116 Å². The van der Waals surface area contributed by atoms with E-state index >= 15 is 0 Å². The van der Waals surface area contributed by atoms with Gasteiger partial charge in [0, 0.05) is 11.8 Å². The Hall–Kier alpha value is -3.64. The molecule has 0 aromatic heterocycles. The van der Waals surface area contributed by atoms with Gasteiger partial charge in [0.1, 0.15) is 0 Å². The molecule has 0 bridgehead atoms. The SMILES string of the molecule is C=C1/C(=C/C2=CC(c3ccccc3)C=C2c2ccccc2)CC2=Cc3ccccc3C12. The van der Waals surface area contributed by atoms with E-state index in [1.807, 2.05) is 0 Å². The molecule has 2 atom stereocenters. The molecule has 3 aliphatic carbocycles. The summed E-state index contributed by atoms with van der Waals surface area (Å²) in [5.74, 6) is 0.663. The van der Waals surface area contributed by atoms with Gasteiger partial charge < -0.3 is 0 Å². The molecule has 0 spiro atoms. The van der Waals surface area contributed by atoms with Crippen LogP contribution >= 0.6 is 0 Å². The Kier molecular flexibility index (Phi) is 4.25. The van der Waals surface area contributed by atoms with Gasteiger partial charge in [-0.15, -0.1) is 0 Å². The molecule has 3 aromatic rings. The first kappa shape index (κ1) is 18.2. The summed E-state index contributed by atoms with van der Waals surface area (Å²) >= 11 is 0. The predicted molar refractivity (Wildman–Crippen MR) is 131 cm³/mol. The Morgan fingerprint density at radius 3 is 2.29 bits per heavy atom. The van der Waals surface area contributed by atoms with Crippen molar-refractivity contribution >= 4 is 11.6 Å². The third-order valence-electron chi connectivity index (χ3n) is 6.79. The normalized spacial score (nSPS) is 22.8. The first-order valence-corrected chi connectivity index (χ1v) is 11.0. The fraction of sp³-hybridized carbons (Fsp3) is 0.0968. The molecule has 0 aliphatic heterocycles. The maximum Gasteiger partial charge on any atom is 0.0308 e. The summed E-state index contributed by atoms with van der Waals surface area (Å²) in [4.78, 5) is 0. The molecule has 0 saturated heterocycles. The zero-order chi connectivity index (χ0) is 20.8. The van der Waals surface area contributed by atoms with Crippen LogP contribution in [0.4, 0.5) is 0 Å². The Morgan fingerprint density at radius 2 is 1.48 bits per heavy atom. The molecule has 6 rings (SSSR count). The Bertz CT molecular complexity index is 1300. The molecule has 1 fully saturated rings. The standard InChI is InChI=1S/C31H24/c1-21-25(18-28-16-24-14-8-9-15-29(24)31(21)28)17-27-19-26(22-10-4-2-5-11-22)20-30(27)23-12-6-3-7-13-23/h2-17,19-20,26,31H,1,18H2/b25-17+. The van der Waals surface area contributed by atoms with E-state index in [-0.39, 0.29) is 0 Å². The topological polar surface area (TPSA) is 0 Å². The summed E-state index contributed by atoms with van der Waals surface area (Å²) in [6.07, 6.45) is 10.6. The van der Waals surface area contributed by atoms with Crippen LogP contribution in [0.25, 0.3) is 11.6 Å². The zero-order valence-corrected chi connectivity index (χ0v) is 17.5. The van der Waals surface area contributed by atoms with E-state index in [1.165, 1.54) is 50.1 Å². The number of rotatable bonds is 3. The van der Waals surface area contributed by atoms with Crippen LogP contribution in [0.3, 0.4) is 0 Å².